The van der Waals surface area contributed by atoms with E-state index in [1.54, 1.807) is 12.1 Å². The maximum absolute atomic E-state index is 12.1. The van der Waals surface area contributed by atoms with Crippen molar-refractivity contribution < 1.29 is 8.42 Å². The van der Waals surface area contributed by atoms with Crippen LogP contribution < -0.4 is 9.44 Å². The second kappa shape index (κ2) is 6.13. The molecule has 2 atom stereocenters. The van der Waals surface area contributed by atoms with Crippen LogP contribution in [0.25, 0.3) is 0 Å². The highest BCUT2D eigenvalue weighted by molar-refractivity contribution is 7.88. The average Bonchev–Trinajstić information content (AvgIpc) is 2.60. The second-order valence-electron chi connectivity index (χ2n) is 6.32. The third-order valence-electron chi connectivity index (χ3n) is 1.72. The van der Waals surface area contributed by atoms with Crippen molar-refractivity contribution in [3.8, 4) is 0 Å². The first-order valence-corrected chi connectivity index (χ1v) is 9.08. The molecule has 0 bridgehead atoms. The maximum atomic E-state index is 12.1. The Morgan fingerprint density at radius 1 is 0.842 bits per heavy atom. The molecule has 0 amide bonds. The van der Waals surface area contributed by atoms with Crippen molar-refractivity contribution in [2.75, 3.05) is 0 Å². The van der Waals surface area contributed by atoms with E-state index in [2.05, 4.69) is 9.44 Å². The van der Waals surface area contributed by atoms with E-state index in [0.29, 0.717) is 8.42 Å². The van der Waals surface area contributed by atoms with Crippen molar-refractivity contribution in [3.63, 3.8) is 0 Å². The van der Waals surface area contributed by atoms with Gasteiger partial charge in [-0.15, -0.1) is 11.3 Å². The summed E-state index contributed by atoms with van der Waals surface area (Å²) >= 11 is 1.31. The summed E-state index contributed by atoms with van der Waals surface area (Å²) in [4.78, 5) is 0. The summed E-state index contributed by atoms with van der Waals surface area (Å²) in [6.07, 6.45) is 0. The van der Waals surface area contributed by atoms with E-state index in [1.807, 2.05) is 41.5 Å². The fraction of sp³-hybridized carbons (Fsp3) is 0.667. The van der Waals surface area contributed by atoms with Crippen LogP contribution in [0.15, 0.2) is 20.6 Å². The molecule has 1 heterocycles. The fourth-order valence-electron chi connectivity index (χ4n) is 1.16. The van der Waals surface area contributed by atoms with Gasteiger partial charge >= 0.3 is 0 Å². The molecule has 0 aliphatic heterocycles. The predicted octanol–water partition coefficient (Wildman–Crippen LogP) is 2.57. The van der Waals surface area contributed by atoms with Crippen molar-refractivity contribution >= 4 is 33.3 Å². The molecule has 0 aromatic carbocycles. The van der Waals surface area contributed by atoms with E-state index in [0.717, 1.165) is 0 Å². The molecule has 0 aliphatic rings. The molecule has 0 spiro atoms. The van der Waals surface area contributed by atoms with E-state index in [1.165, 1.54) is 11.3 Å². The molecule has 0 radical (unpaired) electrons. The highest BCUT2D eigenvalue weighted by Gasteiger charge is 2.19. The minimum atomic E-state index is -1.27. The molecule has 2 N–H and O–H groups in total. The van der Waals surface area contributed by atoms with Gasteiger partial charge in [-0.1, -0.05) is 0 Å². The molecule has 7 heteroatoms. The van der Waals surface area contributed by atoms with Crippen LogP contribution >= 0.6 is 11.3 Å². The van der Waals surface area contributed by atoms with Crippen LogP contribution in [0.3, 0.4) is 0 Å². The number of hydrogen-bond acceptors (Lipinski definition) is 3. The van der Waals surface area contributed by atoms with Gasteiger partial charge in [0.1, 0.15) is 30.4 Å². The van der Waals surface area contributed by atoms with Crippen LogP contribution in [0.4, 0.5) is 0 Å². The van der Waals surface area contributed by atoms with Crippen LogP contribution in [0.1, 0.15) is 41.5 Å². The van der Waals surface area contributed by atoms with E-state index in [4.69, 9.17) is 0 Å². The van der Waals surface area contributed by atoms with Gasteiger partial charge < -0.3 is 0 Å². The third kappa shape index (κ3) is 6.27. The van der Waals surface area contributed by atoms with Crippen molar-refractivity contribution in [2.45, 2.75) is 61.0 Å². The van der Waals surface area contributed by atoms with Crippen molar-refractivity contribution in [2.24, 2.45) is 0 Å². The monoisotopic (exact) mass is 322 g/mol. The summed E-state index contributed by atoms with van der Waals surface area (Å²) in [6.45, 7) is 11.7. The lowest BCUT2D eigenvalue weighted by atomic mass is 10.1. The number of hydrogen-bond donors (Lipinski definition) is 2. The van der Waals surface area contributed by atoms with Crippen molar-refractivity contribution in [3.05, 3.63) is 12.1 Å². The van der Waals surface area contributed by atoms with Gasteiger partial charge in [-0.3, -0.25) is 0 Å². The van der Waals surface area contributed by atoms with E-state index in [9.17, 15) is 8.42 Å². The lowest BCUT2D eigenvalue weighted by Crippen LogP contribution is -2.37. The summed E-state index contributed by atoms with van der Waals surface area (Å²) in [7, 11) is -2.53. The Balaban J connectivity index is 2.77. The standard InChI is InChI=1S/C12H22N2O2S3/c1-11(2,3)13-18(15)9-7-8-10(17-9)19(16)14-12(4,5)6/h7-8,13-14H,1-6H3/t18-,19+. The summed E-state index contributed by atoms with van der Waals surface area (Å²) in [6, 6.07) is 3.52. The Labute approximate surface area is 124 Å². The summed E-state index contributed by atoms with van der Waals surface area (Å²) in [5.74, 6) is 0. The van der Waals surface area contributed by atoms with E-state index >= 15 is 0 Å². The molecule has 110 valence electrons. The highest BCUT2D eigenvalue weighted by Crippen LogP contribution is 2.23. The topological polar surface area (TPSA) is 58.2 Å². The van der Waals surface area contributed by atoms with Gasteiger partial charge in [0.25, 0.3) is 0 Å². The van der Waals surface area contributed by atoms with Crippen molar-refractivity contribution in [1.82, 2.24) is 9.44 Å². The second-order valence-corrected chi connectivity index (χ2v) is 10.3. The fourth-order valence-corrected chi connectivity index (χ4v) is 4.88. The normalized spacial score (nSPS) is 16.3. The zero-order valence-electron chi connectivity index (χ0n) is 12.2. The first kappa shape index (κ1) is 17.0. The van der Waals surface area contributed by atoms with Crippen LogP contribution in [0, 0.1) is 0 Å². The molecule has 0 unspecified atom stereocenters. The highest BCUT2D eigenvalue weighted by atomic mass is 32.2. The quantitative estimate of drug-likeness (QED) is 0.895. The van der Waals surface area contributed by atoms with Gasteiger partial charge in [-0.25, -0.2) is 17.9 Å². The lowest BCUT2D eigenvalue weighted by molar-refractivity contribution is 0.519. The molecule has 0 saturated heterocycles. The van der Waals surface area contributed by atoms with E-state index < -0.39 is 22.0 Å². The lowest BCUT2D eigenvalue weighted by Gasteiger charge is -2.19. The van der Waals surface area contributed by atoms with Crippen LogP contribution in [-0.2, 0) is 22.0 Å². The molecular formula is C12H22N2O2S3. The van der Waals surface area contributed by atoms with E-state index in [-0.39, 0.29) is 11.1 Å². The predicted molar refractivity (Wildman–Crippen MR) is 82.9 cm³/mol. The molecule has 4 nitrogen and oxygen atoms in total. The van der Waals surface area contributed by atoms with Crippen LogP contribution in [0.2, 0.25) is 0 Å². The van der Waals surface area contributed by atoms with Gasteiger partial charge in [0.05, 0.1) is 0 Å². The van der Waals surface area contributed by atoms with Gasteiger partial charge in [0.2, 0.25) is 0 Å². The van der Waals surface area contributed by atoms with Crippen molar-refractivity contribution in [1.29, 1.82) is 0 Å². The molecular weight excluding hydrogens is 300 g/mol. The maximum Gasteiger partial charge on any atom is 0.135 e. The Bertz CT molecular complexity index is 441. The minimum absolute atomic E-state index is 0.224. The largest absolute Gasteiger partial charge is 0.237 e. The molecule has 1 rings (SSSR count). The van der Waals surface area contributed by atoms with Gasteiger partial charge in [-0.2, -0.15) is 0 Å². The summed E-state index contributed by atoms with van der Waals surface area (Å²) in [5.41, 5.74) is -0.449. The van der Waals surface area contributed by atoms with Gasteiger partial charge in [0, 0.05) is 11.1 Å². The zero-order chi connectivity index (χ0) is 14.8. The Hall–Kier alpha value is -0.0800. The molecule has 0 saturated carbocycles. The Morgan fingerprint density at radius 3 is 1.42 bits per heavy atom. The molecule has 0 aliphatic carbocycles. The smallest absolute Gasteiger partial charge is 0.135 e. The first-order valence-electron chi connectivity index (χ1n) is 5.97. The SMILES string of the molecule is CC(C)(C)N[S@@](=O)c1ccc([S@@](=O)NC(C)(C)C)s1. The molecule has 0 fully saturated rings. The number of thiophene rings is 1. The van der Waals surface area contributed by atoms with Gasteiger partial charge in [0.15, 0.2) is 0 Å². The first-order chi connectivity index (χ1) is 8.48. The zero-order valence-corrected chi connectivity index (χ0v) is 14.6. The minimum Gasteiger partial charge on any atom is -0.237 e. The molecule has 19 heavy (non-hydrogen) atoms. The Kier molecular flexibility index (Phi) is 5.48. The summed E-state index contributed by atoms with van der Waals surface area (Å²) in [5, 5.41) is 0. The third-order valence-corrected chi connectivity index (χ3v) is 6.40. The number of nitrogens with one attached hydrogen (secondary N) is 2. The average molecular weight is 323 g/mol. The van der Waals surface area contributed by atoms with Crippen LogP contribution in [-0.4, -0.2) is 19.5 Å². The van der Waals surface area contributed by atoms with Crippen LogP contribution in [0.5, 0.6) is 0 Å². The molecule has 1 aromatic rings. The number of rotatable bonds is 4. The molecule has 1 aromatic heterocycles. The Morgan fingerprint density at radius 2 is 1.16 bits per heavy atom. The summed E-state index contributed by atoms with van der Waals surface area (Å²) < 4.78 is 31.5. The van der Waals surface area contributed by atoms with Gasteiger partial charge in [-0.05, 0) is 53.7 Å².